The van der Waals surface area contributed by atoms with E-state index in [4.69, 9.17) is 11.6 Å². The van der Waals surface area contributed by atoms with Gasteiger partial charge in [-0.2, -0.15) is 0 Å². The zero-order valence-electron chi connectivity index (χ0n) is 11.2. The van der Waals surface area contributed by atoms with Gasteiger partial charge in [-0.15, -0.1) is 11.6 Å². The second-order valence-corrected chi connectivity index (χ2v) is 5.09. The van der Waals surface area contributed by atoms with Crippen LogP contribution in [0.2, 0.25) is 0 Å². The number of anilines is 1. The number of carbonyl (C=O) groups is 1. The first-order valence-corrected chi connectivity index (χ1v) is 6.72. The molecule has 1 N–H and O–H groups in total. The molecule has 6 heteroatoms. The van der Waals surface area contributed by atoms with Crippen molar-refractivity contribution < 1.29 is 9.72 Å². The van der Waals surface area contributed by atoms with Crippen LogP contribution < -0.4 is 5.32 Å². The van der Waals surface area contributed by atoms with Crippen LogP contribution in [0.4, 0.5) is 11.4 Å². The fraction of sp³-hybridized carbons (Fsp3) is 0.133. The summed E-state index contributed by atoms with van der Waals surface area (Å²) in [5.74, 6) is -0.535. The highest BCUT2D eigenvalue weighted by Gasteiger charge is 2.20. The normalized spacial score (nSPS) is 11.7. The lowest BCUT2D eigenvalue weighted by Crippen LogP contribution is -2.15. The second kappa shape index (κ2) is 6.37. The van der Waals surface area contributed by atoms with Crippen LogP contribution in [0, 0.1) is 10.1 Å². The predicted octanol–water partition coefficient (Wildman–Crippen LogP) is 4.15. The van der Waals surface area contributed by atoms with E-state index in [0.717, 1.165) is 5.56 Å². The van der Waals surface area contributed by atoms with Crippen LogP contribution in [0.15, 0.2) is 48.5 Å². The molecule has 1 unspecified atom stereocenters. The van der Waals surface area contributed by atoms with Crippen molar-refractivity contribution in [2.24, 2.45) is 0 Å². The van der Waals surface area contributed by atoms with Crippen molar-refractivity contribution in [2.75, 3.05) is 5.32 Å². The maximum Gasteiger partial charge on any atom is 0.282 e. The fourth-order valence-corrected chi connectivity index (χ4v) is 2.16. The van der Waals surface area contributed by atoms with E-state index >= 15 is 0 Å². The van der Waals surface area contributed by atoms with E-state index in [9.17, 15) is 14.9 Å². The first-order valence-electron chi connectivity index (χ1n) is 6.28. The van der Waals surface area contributed by atoms with Crippen LogP contribution in [-0.4, -0.2) is 10.8 Å². The zero-order valence-corrected chi connectivity index (χ0v) is 12.0. The topological polar surface area (TPSA) is 72.2 Å². The minimum atomic E-state index is -0.578. The Hall–Kier alpha value is -2.40. The average molecular weight is 305 g/mol. The van der Waals surface area contributed by atoms with E-state index in [2.05, 4.69) is 5.32 Å². The summed E-state index contributed by atoms with van der Waals surface area (Å²) in [6, 6.07) is 12.9. The number of hydrogen-bond acceptors (Lipinski definition) is 3. The van der Waals surface area contributed by atoms with Crippen LogP contribution in [0.5, 0.6) is 0 Å². The number of hydrogen-bond donors (Lipinski definition) is 1. The minimum absolute atomic E-state index is 0.0135. The molecule has 0 radical (unpaired) electrons. The third kappa shape index (κ3) is 3.38. The lowest BCUT2D eigenvalue weighted by atomic mass is 10.1. The maximum absolute atomic E-state index is 12.3. The highest BCUT2D eigenvalue weighted by Crippen LogP contribution is 2.28. The predicted molar refractivity (Wildman–Crippen MR) is 81.8 cm³/mol. The quantitative estimate of drug-likeness (QED) is 0.524. The van der Waals surface area contributed by atoms with Gasteiger partial charge in [0.15, 0.2) is 0 Å². The van der Waals surface area contributed by atoms with Crippen molar-refractivity contribution in [1.82, 2.24) is 0 Å². The highest BCUT2D eigenvalue weighted by atomic mass is 35.5. The van der Waals surface area contributed by atoms with Gasteiger partial charge in [0.2, 0.25) is 0 Å². The van der Waals surface area contributed by atoms with Gasteiger partial charge in [0, 0.05) is 11.8 Å². The molecule has 108 valence electrons. The van der Waals surface area contributed by atoms with Gasteiger partial charge >= 0.3 is 0 Å². The second-order valence-electron chi connectivity index (χ2n) is 4.43. The molecule has 0 heterocycles. The molecule has 2 aromatic carbocycles. The van der Waals surface area contributed by atoms with E-state index in [1.54, 1.807) is 31.2 Å². The Morgan fingerprint density at radius 2 is 1.81 bits per heavy atom. The molecule has 0 fully saturated rings. The first kappa shape index (κ1) is 15.0. The Labute approximate surface area is 126 Å². The lowest BCUT2D eigenvalue weighted by Gasteiger charge is -2.12. The molecule has 0 aliphatic rings. The van der Waals surface area contributed by atoms with Gasteiger partial charge in [0.05, 0.1) is 10.3 Å². The molecule has 1 amide bonds. The summed E-state index contributed by atoms with van der Waals surface area (Å²) in [6.07, 6.45) is 0. The molecular weight excluding hydrogens is 292 g/mol. The van der Waals surface area contributed by atoms with Gasteiger partial charge in [-0.25, -0.2) is 0 Å². The molecule has 0 saturated carbocycles. The van der Waals surface area contributed by atoms with E-state index in [-0.39, 0.29) is 16.6 Å². The van der Waals surface area contributed by atoms with Crippen LogP contribution >= 0.6 is 11.6 Å². The Morgan fingerprint density at radius 1 is 1.19 bits per heavy atom. The Morgan fingerprint density at radius 3 is 2.48 bits per heavy atom. The van der Waals surface area contributed by atoms with Crippen molar-refractivity contribution in [3.63, 3.8) is 0 Å². The van der Waals surface area contributed by atoms with E-state index in [0.29, 0.717) is 5.69 Å². The molecule has 0 aliphatic heterocycles. The van der Waals surface area contributed by atoms with Crippen molar-refractivity contribution in [3.8, 4) is 0 Å². The number of alkyl halides is 1. The number of benzene rings is 2. The lowest BCUT2D eigenvalue weighted by molar-refractivity contribution is -0.385. The van der Waals surface area contributed by atoms with Crippen LogP contribution in [0.3, 0.4) is 0 Å². The van der Waals surface area contributed by atoms with Crippen molar-refractivity contribution in [3.05, 3.63) is 69.8 Å². The van der Waals surface area contributed by atoms with Gasteiger partial charge in [-0.05, 0) is 24.6 Å². The Kier molecular flexibility index (Phi) is 4.55. The van der Waals surface area contributed by atoms with Crippen molar-refractivity contribution in [1.29, 1.82) is 0 Å². The van der Waals surface area contributed by atoms with Crippen molar-refractivity contribution >= 4 is 28.9 Å². The van der Waals surface area contributed by atoms with E-state index in [1.807, 2.05) is 6.07 Å². The number of nitrogens with one attached hydrogen (secondary N) is 1. The summed E-state index contributed by atoms with van der Waals surface area (Å²) in [6.45, 7) is 1.79. The maximum atomic E-state index is 12.3. The molecule has 21 heavy (non-hydrogen) atoms. The smallest absolute Gasteiger partial charge is 0.282 e. The van der Waals surface area contributed by atoms with Crippen LogP contribution in [0.25, 0.3) is 0 Å². The zero-order chi connectivity index (χ0) is 15.4. The molecule has 0 aromatic heterocycles. The molecule has 2 rings (SSSR count). The third-order valence-electron chi connectivity index (χ3n) is 2.98. The summed E-state index contributed by atoms with van der Waals surface area (Å²) >= 11 is 6.06. The summed E-state index contributed by atoms with van der Waals surface area (Å²) in [5.41, 5.74) is 1.08. The number of nitro benzene ring substituents is 1. The van der Waals surface area contributed by atoms with Gasteiger partial charge in [-0.1, -0.05) is 30.3 Å². The molecule has 0 spiro atoms. The number of amides is 1. The third-order valence-corrected chi connectivity index (χ3v) is 3.22. The Balaban J connectivity index is 2.33. The minimum Gasteiger partial charge on any atom is -0.321 e. The standard InChI is InChI=1S/C15H13ClN2O3/c1-10(16)11-6-2-4-8-13(11)17-15(19)12-7-3-5-9-14(12)18(20)21/h2-10H,1H3,(H,17,19). The number of carbonyl (C=O) groups excluding carboxylic acids is 1. The Bertz CT molecular complexity index is 686. The molecule has 0 bridgehead atoms. The number of para-hydroxylation sites is 2. The van der Waals surface area contributed by atoms with Gasteiger partial charge in [0.25, 0.3) is 11.6 Å². The molecule has 5 nitrogen and oxygen atoms in total. The summed E-state index contributed by atoms with van der Waals surface area (Å²) < 4.78 is 0. The first-order chi connectivity index (χ1) is 10.0. The molecular formula is C15H13ClN2O3. The summed E-state index contributed by atoms with van der Waals surface area (Å²) in [5, 5.41) is 13.3. The molecule has 0 saturated heterocycles. The van der Waals surface area contributed by atoms with Gasteiger partial charge < -0.3 is 5.32 Å². The van der Waals surface area contributed by atoms with Crippen LogP contribution in [-0.2, 0) is 0 Å². The SMILES string of the molecule is CC(Cl)c1ccccc1NC(=O)c1ccccc1[N+](=O)[O-]. The fourth-order valence-electron chi connectivity index (χ4n) is 1.97. The monoisotopic (exact) mass is 304 g/mol. The van der Waals surface area contributed by atoms with Gasteiger partial charge in [0.1, 0.15) is 5.56 Å². The molecule has 2 aromatic rings. The van der Waals surface area contributed by atoms with Gasteiger partial charge in [-0.3, -0.25) is 14.9 Å². The van der Waals surface area contributed by atoms with E-state index in [1.165, 1.54) is 18.2 Å². The number of nitrogens with zero attached hydrogens (tertiary/aromatic N) is 1. The van der Waals surface area contributed by atoms with E-state index < -0.39 is 10.8 Å². The molecule has 1 atom stereocenters. The number of rotatable bonds is 4. The summed E-state index contributed by atoms with van der Waals surface area (Å²) in [4.78, 5) is 22.6. The number of halogens is 1. The largest absolute Gasteiger partial charge is 0.321 e. The highest BCUT2D eigenvalue weighted by molar-refractivity contribution is 6.21. The number of nitro groups is 1. The summed E-state index contributed by atoms with van der Waals surface area (Å²) in [7, 11) is 0. The van der Waals surface area contributed by atoms with Crippen molar-refractivity contribution in [2.45, 2.75) is 12.3 Å². The average Bonchev–Trinajstić information content (AvgIpc) is 2.47. The molecule has 0 aliphatic carbocycles. The van der Waals surface area contributed by atoms with Crippen LogP contribution in [0.1, 0.15) is 28.2 Å².